The number of hydrogen-bond donors (Lipinski definition) is 2. The van der Waals surface area contributed by atoms with Gasteiger partial charge in [-0.1, -0.05) is 0 Å². The Bertz CT molecular complexity index is 530. The summed E-state index contributed by atoms with van der Waals surface area (Å²) in [5.74, 6) is -0.472. The van der Waals surface area contributed by atoms with Crippen molar-refractivity contribution in [3.63, 3.8) is 0 Å². The summed E-state index contributed by atoms with van der Waals surface area (Å²) in [7, 11) is 0. The molecular weight excluding hydrogens is 250 g/mol. The molecule has 0 bridgehead atoms. The van der Waals surface area contributed by atoms with Gasteiger partial charge in [-0.25, -0.2) is 4.39 Å². The van der Waals surface area contributed by atoms with Gasteiger partial charge in [0.2, 0.25) is 0 Å². The maximum Gasteiger partial charge on any atom is 0.407 e. The summed E-state index contributed by atoms with van der Waals surface area (Å²) in [6, 6.07) is 2.89. The highest BCUT2D eigenvalue weighted by Crippen LogP contribution is 2.34. The van der Waals surface area contributed by atoms with E-state index in [4.69, 9.17) is 5.73 Å². The Morgan fingerprint density at radius 3 is 2.33 bits per heavy atom. The monoisotopic (exact) mass is 259 g/mol. The molecule has 2 aromatic rings. The van der Waals surface area contributed by atoms with E-state index in [1.165, 1.54) is 12.1 Å². The van der Waals surface area contributed by atoms with Gasteiger partial charge in [-0.15, -0.1) is 0 Å². The van der Waals surface area contributed by atoms with Crippen LogP contribution in [0.25, 0.3) is 11.3 Å². The second-order valence-electron chi connectivity index (χ2n) is 3.73. The summed E-state index contributed by atoms with van der Waals surface area (Å²) in [4.78, 5) is 0. The molecule has 7 heteroatoms. The summed E-state index contributed by atoms with van der Waals surface area (Å²) in [5.41, 5.74) is 5.48. The van der Waals surface area contributed by atoms with Crippen molar-refractivity contribution in [2.24, 2.45) is 5.73 Å². The summed E-state index contributed by atoms with van der Waals surface area (Å²) in [6.07, 6.45) is -3.53. The second-order valence-corrected chi connectivity index (χ2v) is 3.73. The van der Waals surface area contributed by atoms with E-state index in [1.807, 2.05) is 0 Å². The normalized spacial score (nSPS) is 13.6. The van der Waals surface area contributed by atoms with Crippen LogP contribution in [-0.2, 0) is 0 Å². The standard InChI is InChI=1S/C11H9F4N3/c12-7-3-1-6(2-4-7)9-8(5-17-18-9)10(16)11(13,14)15/h1-5,10H,16H2,(H,17,18). The molecule has 0 saturated heterocycles. The topological polar surface area (TPSA) is 54.7 Å². The molecule has 3 nitrogen and oxygen atoms in total. The summed E-state index contributed by atoms with van der Waals surface area (Å²) >= 11 is 0. The number of halogens is 4. The number of aromatic amines is 1. The maximum atomic E-state index is 12.7. The van der Waals surface area contributed by atoms with Gasteiger partial charge in [0.25, 0.3) is 0 Å². The van der Waals surface area contributed by atoms with Crippen LogP contribution in [0.5, 0.6) is 0 Å². The first-order chi connectivity index (χ1) is 8.39. The third-order valence-electron chi connectivity index (χ3n) is 2.49. The summed E-state index contributed by atoms with van der Waals surface area (Å²) < 4.78 is 50.4. The Labute approximate surface area is 99.6 Å². The molecule has 0 radical (unpaired) electrons. The third-order valence-corrected chi connectivity index (χ3v) is 2.49. The van der Waals surface area contributed by atoms with Gasteiger partial charge in [-0.3, -0.25) is 5.10 Å². The van der Waals surface area contributed by atoms with E-state index in [-0.39, 0.29) is 11.3 Å². The van der Waals surface area contributed by atoms with Crippen LogP contribution in [0.2, 0.25) is 0 Å². The lowest BCUT2D eigenvalue weighted by molar-refractivity contribution is -0.149. The Morgan fingerprint density at radius 2 is 1.78 bits per heavy atom. The van der Waals surface area contributed by atoms with E-state index >= 15 is 0 Å². The van der Waals surface area contributed by atoms with Crippen molar-refractivity contribution in [1.82, 2.24) is 10.2 Å². The minimum Gasteiger partial charge on any atom is -0.316 e. The molecule has 18 heavy (non-hydrogen) atoms. The van der Waals surface area contributed by atoms with Crippen molar-refractivity contribution in [3.05, 3.63) is 41.8 Å². The summed E-state index contributed by atoms with van der Waals surface area (Å²) in [5, 5.41) is 6.00. The molecular formula is C11H9F4N3. The van der Waals surface area contributed by atoms with E-state index < -0.39 is 18.0 Å². The van der Waals surface area contributed by atoms with Gasteiger partial charge in [0.1, 0.15) is 11.9 Å². The SMILES string of the molecule is NC(c1cn[nH]c1-c1ccc(F)cc1)C(F)(F)F. The molecule has 0 spiro atoms. The largest absolute Gasteiger partial charge is 0.407 e. The van der Waals surface area contributed by atoms with E-state index in [9.17, 15) is 17.6 Å². The van der Waals surface area contributed by atoms with Gasteiger partial charge in [0, 0.05) is 11.1 Å². The quantitative estimate of drug-likeness (QED) is 0.815. The van der Waals surface area contributed by atoms with E-state index in [0.29, 0.717) is 5.56 Å². The molecule has 1 heterocycles. The van der Waals surface area contributed by atoms with Crippen LogP contribution >= 0.6 is 0 Å². The lowest BCUT2D eigenvalue weighted by atomic mass is 10.0. The van der Waals surface area contributed by atoms with Crippen LogP contribution in [0, 0.1) is 5.82 Å². The average Bonchev–Trinajstić information content (AvgIpc) is 2.76. The average molecular weight is 259 g/mol. The number of rotatable bonds is 2. The second kappa shape index (κ2) is 4.41. The van der Waals surface area contributed by atoms with Gasteiger partial charge in [0.15, 0.2) is 0 Å². The third kappa shape index (κ3) is 2.35. The van der Waals surface area contributed by atoms with Crippen LogP contribution in [0.4, 0.5) is 17.6 Å². The predicted molar refractivity (Wildman–Crippen MR) is 57.0 cm³/mol. The van der Waals surface area contributed by atoms with E-state index in [1.54, 1.807) is 0 Å². The van der Waals surface area contributed by atoms with Crippen LogP contribution in [0.15, 0.2) is 30.5 Å². The molecule has 0 aliphatic carbocycles. The Morgan fingerprint density at radius 1 is 1.17 bits per heavy atom. The lowest BCUT2D eigenvalue weighted by Crippen LogP contribution is -2.28. The highest BCUT2D eigenvalue weighted by atomic mass is 19.4. The van der Waals surface area contributed by atoms with Crippen molar-refractivity contribution >= 4 is 0 Å². The molecule has 0 aliphatic rings. The van der Waals surface area contributed by atoms with Gasteiger partial charge in [0.05, 0.1) is 11.9 Å². The summed E-state index contributed by atoms with van der Waals surface area (Å²) in [6.45, 7) is 0. The van der Waals surface area contributed by atoms with Crippen molar-refractivity contribution in [2.45, 2.75) is 12.2 Å². The molecule has 0 aliphatic heterocycles. The van der Waals surface area contributed by atoms with Crippen molar-refractivity contribution in [2.75, 3.05) is 0 Å². The Kier molecular flexibility index (Phi) is 3.08. The zero-order chi connectivity index (χ0) is 13.3. The number of benzene rings is 1. The fraction of sp³-hybridized carbons (Fsp3) is 0.182. The fourth-order valence-corrected chi connectivity index (χ4v) is 1.56. The van der Waals surface area contributed by atoms with E-state index in [2.05, 4.69) is 10.2 Å². The number of hydrogen-bond acceptors (Lipinski definition) is 2. The molecule has 96 valence electrons. The molecule has 0 amide bonds. The molecule has 0 saturated carbocycles. The molecule has 1 aromatic heterocycles. The van der Waals surface area contributed by atoms with Crippen LogP contribution in [0.3, 0.4) is 0 Å². The minimum atomic E-state index is -4.56. The van der Waals surface area contributed by atoms with Crippen LogP contribution in [-0.4, -0.2) is 16.4 Å². The number of H-pyrrole nitrogens is 1. The van der Waals surface area contributed by atoms with Gasteiger partial charge >= 0.3 is 6.18 Å². The molecule has 1 unspecified atom stereocenters. The number of nitrogens with zero attached hydrogens (tertiary/aromatic N) is 1. The van der Waals surface area contributed by atoms with Crippen molar-refractivity contribution < 1.29 is 17.6 Å². The number of nitrogens with one attached hydrogen (secondary N) is 1. The predicted octanol–water partition coefficient (Wildman–Crippen LogP) is 2.78. The first kappa shape index (κ1) is 12.6. The highest BCUT2D eigenvalue weighted by Gasteiger charge is 2.39. The molecule has 1 aromatic carbocycles. The van der Waals surface area contributed by atoms with E-state index in [0.717, 1.165) is 18.3 Å². The Balaban J connectivity index is 2.42. The maximum absolute atomic E-state index is 12.7. The molecule has 3 N–H and O–H groups in total. The Hall–Kier alpha value is -1.89. The molecule has 0 fully saturated rings. The van der Waals surface area contributed by atoms with Gasteiger partial charge < -0.3 is 5.73 Å². The first-order valence-corrected chi connectivity index (χ1v) is 5.01. The van der Waals surface area contributed by atoms with Gasteiger partial charge in [-0.05, 0) is 24.3 Å². The zero-order valence-corrected chi connectivity index (χ0v) is 9.00. The number of alkyl halides is 3. The first-order valence-electron chi connectivity index (χ1n) is 5.01. The highest BCUT2D eigenvalue weighted by molar-refractivity contribution is 5.63. The molecule has 2 rings (SSSR count). The number of nitrogens with two attached hydrogens (primary N) is 1. The smallest absolute Gasteiger partial charge is 0.316 e. The van der Waals surface area contributed by atoms with Crippen LogP contribution < -0.4 is 5.73 Å². The lowest BCUT2D eigenvalue weighted by Gasteiger charge is -2.15. The number of aromatic nitrogens is 2. The minimum absolute atomic E-state index is 0.139. The van der Waals surface area contributed by atoms with Gasteiger partial charge in [-0.2, -0.15) is 18.3 Å². The zero-order valence-electron chi connectivity index (χ0n) is 9.00. The molecule has 1 atom stereocenters. The van der Waals surface area contributed by atoms with Crippen LogP contribution in [0.1, 0.15) is 11.6 Å². The van der Waals surface area contributed by atoms with Crippen molar-refractivity contribution in [3.8, 4) is 11.3 Å². The van der Waals surface area contributed by atoms with Crippen molar-refractivity contribution in [1.29, 1.82) is 0 Å². The fourth-order valence-electron chi connectivity index (χ4n) is 1.56.